The van der Waals surface area contributed by atoms with Crippen LogP contribution in [0.1, 0.15) is 108 Å². The average Bonchev–Trinajstić information content (AvgIpc) is 2.73. The van der Waals surface area contributed by atoms with Crippen molar-refractivity contribution >= 4 is 10.8 Å². The van der Waals surface area contributed by atoms with Crippen LogP contribution in [0.2, 0.25) is 0 Å². The van der Waals surface area contributed by atoms with E-state index in [1.165, 1.54) is 93.4 Å². The van der Waals surface area contributed by atoms with E-state index in [1.807, 2.05) is 0 Å². The summed E-state index contributed by atoms with van der Waals surface area (Å²) >= 11 is 0. The summed E-state index contributed by atoms with van der Waals surface area (Å²) in [6, 6.07) is 14.5. The maximum atomic E-state index is 2.49. The summed E-state index contributed by atoms with van der Waals surface area (Å²) in [7, 11) is 0. The molecule has 1 unspecified atom stereocenters. The third-order valence-corrected chi connectivity index (χ3v) is 7.25. The number of hydrogen-bond acceptors (Lipinski definition) is 0. The quantitative estimate of drug-likeness (QED) is 0.362. The van der Waals surface area contributed by atoms with Crippen LogP contribution in [-0.4, -0.2) is 0 Å². The van der Waals surface area contributed by atoms with E-state index in [2.05, 4.69) is 57.2 Å². The average molecular weight is 379 g/mol. The molecule has 1 atom stereocenters. The summed E-state index contributed by atoms with van der Waals surface area (Å²) in [5, 5.41) is 2.87. The Morgan fingerprint density at radius 1 is 0.821 bits per heavy atom. The molecule has 0 spiro atoms. The van der Waals surface area contributed by atoms with Crippen molar-refractivity contribution in [3.8, 4) is 0 Å². The first-order valence-corrected chi connectivity index (χ1v) is 12.2. The Kier molecular flexibility index (Phi) is 8.44. The van der Waals surface area contributed by atoms with Crippen molar-refractivity contribution in [3.63, 3.8) is 0 Å². The Bertz CT molecular complexity index is 705. The van der Waals surface area contributed by atoms with Gasteiger partial charge < -0.3 is 0 Å². The molecule has 0 amide bonds. The van der Waals surface area contributed by atoms with E-state index < -0.39 is 0 Å². The van der Waals surface area contributed by atoms with E-state index in [4.69, 9.17) is 0 Å². The largest absolute Gasteiger partial charge is 0.0654 e. The summed E-state index contributed by atoms with van der Waals surface area (Å²) in [5.74, 6) is 2.67. The van der Waals surface area contributed by atoms with Gasteiger partial charge in [0.25, 0.3) is 0 Å². The molecule has 0 radical (unpaired) electrons. The lowest BCUT2D eigenvalue weighted by Gasteiger charge is -2.30. The molecule has 2 aromatic carbocycles. The van der Waals surface area contributed by atoms with Crippen molar-refractivity contribution < 1.29 is 0 Å². The van der Waals surface area contributed by atoms with Gasteiger partial charge in [0.05, 0.1) is 0 Å². The molecule has 28 heavy (non-hydrogen) atoms. The van der Waals surface area contributed by atoms with Crippen molar-refractivity contribution in [2.24, 2.45) is 11.8 Å². The van der Waals surface area contributed by atoms with Crippen LogP contribution in [0.25, 0.3) is 10.8 Å². The topological polar surface area (TPSA) is 0 Å². The van der Waals surface area contributed by atoms with Gasteiger partial charge in [0.15, 0.2) is 0 Å². The molecule has 1 aliphatic carbocycles. The summed E-state index contributed by atoms with van der Waals surface area (Å²) in [6.07, 6.45) is 16.5. The first-order valence-electron chi connectivity index (χ1n) is 12.2. The van der Waals surface area contributed by atoms with Gasteiger partial charge in [-0.05, 0) is 84.6 Å². The zero-order chi connectivity index (χ0) is 19.8. The van der Waals surface area contributed by atoms with Crippen LogP contribution < -0.4 is 0 Å². The Morgan fingerprint density at radius 2 is 1.54 bits per heavy atom. The number of benzene rings is 2. The summed E-state index contributed by atoms with van der Waals surface area (Å²) in [5.41, 5.74) is 3.10. The molecular formula is C28H42. The number of rotatable bonds is 10. The van der Waals surface area contributed by atoms with E-state index in [-0.39, 0.29) is 0 Å². The van der Waals surface area contributed by atoms with Crippen LogP contribution >= 0.6 is 0 Å². The number of hydrogen-bond donors (Lipinski definition) is 0. The second-order valence-electron chi connectivity index (χ2n) is 9.57. The van der Waals surface area contributed by atoms with Gasteiger partial charge in [0, 0.05) is 0 Å². The first kappa shape index (κ1) is 21.4. The van der Waals surface area contributed by atoms with Crippen molar-refractivity contribution in [3.05, 3.63) is 47.5 Å². The monoisotopic (exact) mass is 378 g/mol. The summed E-state index contributed by atoms with van der Waals surface area (Å²) in [4.78, 5) is 0. The van der Waals surface area contributed by atoms with Crippen LogP contribution in [0.4, 0.5) is 0 Å². The molecule has 0 heteroatoms. The normalized spacial score (nSPS) is 21.1. The van der Waals surface area contributed by atoms with Crippen LogP contribution in [0.3, 0.4) is 0 Å². The fourth-order valence-corrected chi connectivity index (χ4v) is 5.12. The minimum atomic E-state index is 0.788. The van der Waals surface area contributed by atoms with Gasteiger partial charge in [-0.15, -0.1) is 0 Å². The van der Waals surface area contributed by atoms with Gasteiger partial charge in [0.2, 0.25) is 0 Å². The zero-order valence-electron chi connectivity index (χ0n) is 18.7. The lowest BCUT2D eigenvalue weighted by molar-refractivity contribution is 0.273. The molecule has 0 saturated heterocycles. The minimum absolute atomic E-state index is 0.788. The molecule has 0 aliphatic heterocycles. The zero-order valence-corrected chi connectivity index (χ0v) is 18.7. The number of fused-ring (bicyclic) bond motifs is 1. The third kappa shape index (κ3) is 6.10. The molecule has 1 aliphatic rings. The molecule has 0 heterocycles. The molecule has 154 valence electrons. The number of aryl methyl sites for hydroxylation is 1. The third-order valence-electron chi connectivity index (χ3n) is 7.25. The highest BCUT2D eigenvalue weighted by atomic mass is 14.3. The minimum Gasteiger partial charge on any atom is -0.0654 e. The van der Waals surface area contributed by atoms with Crippen LogP contribution in [0, 0.1) is 11.8 Å². The highest BCUT2D eigenvalue weighted by Crippen LogP contribution is 2.39. The van der Waals surface area contributed by atoms with E-state index in [1.54, 1.807) is 5.56 Å². The maximum Gasteiger partial charge on any atom is -0.0162 e. The Balaban J connectivity index is 1.55. The number of unbranched alkanes of at least 4 members (excludes halogenated alkanes) is 4. The fourth-order valence-electron chi connectivity index (χ4n) is 5.12. The predicted octanol–water partition coefficient (Wildman–Crippen LogP) is 9.06. The molecule has 0 aromatic heterocycles. The smallest absolute Gasteiger partial charge is 0.0162 e. The van der Waals surface area contributed by atoms with Crippen molar-refractivity contribution in [1.82, 2.24) is 0 Å². The van der Waals surface area contributed by atoms with E-state index >= 15 is 0 Å². The second kappa shape index (κ2) is 11.0. The van der Waals surface area contributed by atoms with Gasteiger partial charge in [-0.2, -0.15) is 0 Å². The van der Waals surface area contributed by atoms with Gasteiger partial charge >= 0.3 is 0 Å². The Hall–Kier alpha value is -1.30. The van der Waals surface area contributed by atoms with Crippen molar-refractivity contribution in [1.29, 1.82) is 0 Å². The highest BCUT2D eigenvalue weighted by Gasteiger charge is 2.23. The molecule has 0 bridgehead atoms. The van der Waals surface area contributed by atoms with Crippen molar-refractivity contribution in [2.75, 3.05) is 0 Å². The molecule has 1 fully saturated rings. The molecule has 2 aromatic rings. The Morgan fingerprint density at radius 3 is 2.29 bits per heavy atom. The van der Waals surface area contributed by atoms with Crippen molar-refractivity contribution in [2.45, 2.75) is 104 Å². The summed E-state index contributed by atoms with van der Waals surface area (Å²) < 4.78 is 0. The lowest BCUT2D eigenvalue weighted by Crippen LogP contribution is -2.15. The van der Waals surface area contributed by atoms with Gasteiger partial charge in [-0.3, -0.25) is 0 Å². The standard InChI is InChI=1S/C28H42/c1-4-6-7-8-9-10-23-13-16-28-21-27(18-17-26(28)20-23)25-14-11-24(12-15-25)19-22(3)5-2/h13,16-18,20-22,24-25H,4-12,14-15,19H2,1-3H3. The lowest BCUT2D eigenvalue weighted by atomic mass is 9.75. The summed E-state index contributed by atoms with van der Waals surface area (Å²) in [6.45, 7) is 7.05. The maximum absolute atomic E-state index is 2.49. The fraction of sp³-hybridized carbons (Fsp3) is 0.643. The molecule has 3 rings (SSSR count). The molecule has 1 saturated carbocycles. The van der Waals surface area contributed by atoms with Crippen LogP contribution in [-0.2, 0) is 6.42 Å². The second-order valence-corrected chi connectivity index (χ2v) is 9.57. The molecule has 0 N–H and O–H groups in total. The molecule has 0 nitrogen and oxygen atoms in total. The predicted molar refractivity (Wildman–Crippen MR) is 125 cm³/mol. The van der Waals surface area contributed by atoms with Gasteiger partial charge in [-0.1, -0.05) is 89.3 Å². The van der Waals surface area contributed by atoms with Gasteiger partial charge in [-0.25, -0.2) is 0 Å². The van der Waals surface area contributed by atoms with E-state index in [0.717, 1.165) is 17.8 Å². The first-order chi connectivity index (χ1) is 13.7. The SMILES string of the molecule is CCCCCCCc1ccc2cc(C3CCC(CC(C)CC)CC3)ccc2c1. The van der Waals surface area contributed by atoms with Gasteiger partial charge in [0.1, 0.15) is 0 Å². The molecular weight excluding hydrogens is 336 g/mol. The van der Waals surface area contributed by atoms with E-state index in [9.17, 15) is 0 Å². The van der Waals surface area contributed by atoms with E-state index in [0.29, 0.717) is 0 Å². The highest BCUT2D eigenvalue weighted by molar-refractivity contribution is 5.84. The Labute approximate surface area is 174 Å². The van der Waals surface area contributed by atoms with Crippen LogP contribution in [0.5, 0.6) is 0 Å². The van der Waals surface area contributed by atoms with Crippen LogP contribution in [0.15, 0.2) is 36.4 Å².